The van der Waals surface area contributed by atoms with E-state index in [2.05, 4.69) is 44.3 Å². The van der Waals surface area contributed by atoms with Crippen molar-refractivity contribution in [3.8, 4) is 0 Å². The molecular weight excluding hydrogens is 468 g/mol. The van der Waals surface area contributed by atoms with E-state index in [4.69, 9.17) is 9.15 Å². The lowest BCUT2D eigenvalue weighted by molar-refractivity contribution is -0.145. The van der Waals surface area contributed by atoms with E-state index in [1.807, 2.05) is 30.3 Å². The van der Waals surface area contributed by atoms with E-state index in [1.165, 1.54) is 7.11 Å². The maximum atomic E-state index is 13.5. The summed E-state index contributed by atoms with van der Waals surface area (Å²) >= 11 is 0. The molecule has 37 heavy (non-hydrogen) atoms. The van der Waals surface area contributed by atoms with Gasteiger partial charge in [-0.15, -0.1) is 5.10 Å². The zero-order valence-corrected chi connectivity index (χ0v) is 21.1. The summed E-state index contributed by atoms with van der Waals surface area (Å²) in [6, 6.07) is 19.3. The van der Waals surface area contributed by atoms with Crippen LogP contribution in [0.3, 0.4) is 0 Å². The summed E-state index contributed by atoms with van der Waals surface area (Å²) in [5, 5.41) is 8.86. The molecule has 1 amide bonds. The van der Waals surface area contributed by atoms with E-state index >= 15 is 0 Å². The van der Waals surface area contributed by atoms with Crippen molar-refractivity contribution in [3.05, 3.63) is 71.6 Å². The van der Waals surface area contributed by atoms with Crippen LogP contribution in [0.5, 0.6) is 0 Å². The Balaban J connectivity index is 1.34. The van der Waals surface area contributed by atoms with Crippen LogP contribution in [0, 0.1) is 5.92 Å². The largest absolute Gasteiger partial charge is 0.469 e. The fourth-order valence-electron chi connectivity index (χ4n) is 6.19. The lowest BCUT2D eigenvalue weighted by atomic mass is 9.81. The number of methoxy groups -OCH3 is 1. The molecule has 6 rings (SSSR count). The number of carbonyl (C=O) groups excluding carboxylic acids is 2. The molecule has 3 atom stereocenters. The number of benzene rings is 2. The molecule has 3 unspecified atom stereocenters. The molecule has 0 saturated heterocycles. The van der Waals surface area contributed by atoms with E-state index < -0.39 is 0 Å². The summed E-state index contributed by atoms with van der Waals surface area (Å²) < 4.78 is 11.0. The number of aromatic nitrogens is 2. The molecule has 192 valence electrons. The van der Waals surface area contributed by atoms with Gasteiger partial charge in [-0.1, -0.05) is 60.1 Å². The van der Waals surface area contributed by atoms with Crippen molar-refractivity contribution >= 4 is 23.6 Å². The zero-order valence-electron chi connectivity index (χ0n) is 21.1. The SMILES string of the molecule is COC(=O)CCC(=O)N(C1CC1)C1c2ccccc2N(c2nnc(Cc3ccccc3)o2)C2CCCC21. The molecule has 3 aliphatic rings. The van der Waals surface area contributed by atoms with Crippen LogP contribution in [0.4, 0.5) is 11.7 Å². The van der Waals surface area contributed by atoms with Crippen LogP contribution in [-0.2, 0) is 20.7 Å². The van der Waals surface area contributed by atoms with Crippen LogP contribution < -0.4 is 4.90 Å². The van der Waals surface area contributed by atoms with Crippen molar-refractivity contribution in [2.75, 3.05) is 12.0 Å². The van der Waals surface area contributed by atoms with Gasteiger partial charge in [0.05, 0.1) is 31.7 Å². The molecule has 0 bridgehead atoms. The second-order valence-electron chi connectivity index (χ2n) is 10.3. The average Bonchev–Trinajstić information content (AvgIpc) is 3.45. The van der Waals surface area contributed by atoms with Gasteiger partial charge in [0.2, 0.25) is 11.8 Å². The molecule has 1 aromatic heterocycles. The van der Waals surface area contributed by atoms with Crippen molar-refractivity contribution in [1.29, 1.82) is 0 Å². The zero-order chi connectivity index (χ0) is 25.4. The first-order valence-corrected chi connectivity index (χ1v) is 13.3. The molecule has 0 spiro atoms. The molecule has 2 aromatic carbocycles. The second-order valence-corrected chi connectivity index (χ2v) is 10.3. The highest BCUT2D eigenvalue weighted by atomic mass is 16.5. The van der Waals surface area contributed by atoms with Gasteiger partial charge in [-0.3, -0.25) is 14.5 Å². The van der Waals surface area contributed by atoms with E-state index in [0.717, 1.165) is 48.9 Å². The molecule has 2 fully saturated rings. The van der Waals surface area contributed by atoms with E-state index in [1.54, 1.807) is 0 Å². The Labute approximate surface area is 216 Å². The predicted molar refractivity (Wildman–Crippen MR) is 137 cm³/mol. The minimum absolute atomic E-state index is 0.0238. The number of ether oxygens (including phenoxy) is 1. The number of hydrogen-bond acceptors (Lipinski definition) is 7. The quantitative estimate of drug-likeness (QED) is 0.404. The smallest absolute Gasteiger partial charge is 0.323 e. The molecule has 3 aromatic rings. The number of rotatable bonds is 8. The Hall–Kier alpha value is -3.68. The number of esters is 1. The third-order valence-electron chi connectivity index (χ3n) is 7.94. The number of carbonyl (C=O) groups is 2. The third-order valence-corrected chi connectivity index (χ3v) is 7.94. The van der Waals surface area contributed by atoms with Gasteiger partial charge in [0.15, 0.2) is 0 Å². The number of nitrogens with zero attached hydrogens (tertiary/aromatic N) is 4. The first-order valence-electron chi connectivity index (χ1n) is 13.3. The van der Waals surface area contributed by atoms with Crippen LogP contribution in [0.15, 0.2) is 59.0 Å². The molecule has 8 nitrogen and oxygen atoms in total. The van der Waals surface area contributed by atoms with Crippen molar-refractivity contribution < 1.29 is 18.7 Å². The first-order chi connectivity index (χ1) is 18.1. The highest BCUT2D eigenvalue weighted by molar-refractivity contribution is 5.83. The average molecular weight is 501 g/mol. The number of fused-ring (bicyclic) bond motifs is 2. The molecular formula is C29H32N4O4. The van der Waals surface area contributed by atoms with Crippen LogP contribution in [-0.4, -0.2) is 46.2 Å². The van der Waals surface area contributed by atoms with Crippen molar-refractivity contribution in [2.24, 2.45) is 5.92 Å². The van der Waals surface area contributed by atoms with Gasteiger partial charge in [-0.25, -0.2) is 0 Å². The maximum absolute atomic E-state index is 13.5. The predicted octanol–water partition coefficient (Wildman–Crippen LogP) is 4.97. The van der Waals surface area contributed by atoms with Crippen LogP contribution in [0.25, 0.3) is 0 Å². The fraction of sp³-hybridized carbons (Fsp3) is 0.448. The lowest BCUT2D eigenvalue weighted by Gasteiger charge is -2.47. The lowest BCUT2D eigenvalue weighted by Crippen LogP contribution is -2.49. The van der Waals surface area contributed by atoms with Crippen molar-refractivity contribution in [2.45, 2.75) is 69.5 Å². The van der Waals surface area contributed by atoms with E-state index in [9.17, 15) is 9.59 Å². The molecule has 0 radical (unpaired) electrons. The molecule has 2 heterocycles. The number of hydrogen-bond donors (Lipinski definition) is 0. The normalized spacial score (nSPS) is 22.3. The summed E-state index contributed by atoms with van der Waals surface area (Å²) in [6.45, 7) is 0. The van der Waals surface area contributed by atoms with Gasteiger partial charge in [-0.05, 0) is 42.9 Å². The summed E-state index contributed by atoms with van der Waals surface area (Å²) in [6.07, 6.45) is 6.00. The summed E-state index contributed by atoms with van der Waals surface area (Å²) in [7, 11) is 1.36. The Morgan fingerprint density at radius 3 is 2.57 bits per heavy atom. The Morgan fingerprint density at radius 1 is 1.00 bits per heavy atom. The summed E-state index contributed by atoms with van der Waals surface area (Å²) in [5.41, 5.74) is 3.27. The Bertz CT molecular complexity index is 1270. The van der Waals surface area contributed by atoms with Crippen LogP contribution in [0.2, 0.25) is 0 Å². The van der Waals surface area contributed by atoms with Gasteiger partial charge in [-0.2, -0.15) is 0 Å². The van der Waals surface area contributed by atoms with E-state index in [-0.39, 0.29) is 48.8 Å². The monoisotopic (exact) mass is 500 g/mol. The van der Waals surface area contributed by atoms with Crippen molar-refractivity contribution in [3.63, 3.8) is 0 Å². The molecule has 2 saturated carbocycles. The number of amides is 1. The van der Waals surface area contributed by atoms with Crippen LogP contribution >= 0.6 is 0 Å². The second kappa shape index (κ2) is 10.00. The summed E-state index contributed by atoms with van der Waals surface area (Å²) in [5.74, 6) is 0.533. The maximum Gasteiger partial charge on any atom is 0.323 e. The van der Waals surface area contributed by atoms with E-state index in [0.29, 0.717) is 18.3 Å². The standard InChI is InChI=1S/C29H32N4O4/c1-36-27(35)17-16-26(34)32(20-14-15-20)28-21-10-5-6-12-23(21)33(24-13-7-11-22(24)28)29-31-30-25(37-29)18-19-8-3-2-4-9-19/h2-6,8-10,12,20,22,24,28H,7,11,13-18H2,1H3. The molecule has 2 aliphatic carbocycles. The fourth-order valence-corrected chi connectivity index (χ4v) is 6.19. The minimum atomic E-state index is -0.347. The highest BCUT2D eigenvalue weighted by Gasteiger charge is 2.51. The third kappa shape index (κ3) is 4.61. The first kappa shape index (κ1) is 23.7. The minimum Gasteiger partial charge on any atom is -0.469 e. The van der Waals surface area contributed by atoms with Gasteiger partial charge in [0.25, 0.3) is 0 Å². The van der Waals surface area contributed by atoms with Gasteiger partial charge < -0.3 is 14.1 Å². The molecule has 0 N–H and O–H groups in total. The van der Waals surface area contributed by atoms with Crippen molar-refractivity contribution in [1.82, 2.24) is 15.1 Å². The Kier molecular flexibility index (Phi) is 6.40. The summed E-state index contributed by atoms with van der Waals surface area (Å²) in [4.78, 5) is 29.6. The number of para-hydroxylation sites is 1. The van der Waals surface area contributed by atoms with Gasteiger partial charge in [0.1, 0.15) is 0 Å². The Morgan fingerprint density at radius 2 is 1.78 bits per heavy atom. The van der Waals surface area contributed by atoms with Gasteiger partial charge >= 0.3 is 12.0 Å². The topological polar surface area (TPSA) is 88.8 Å². The van der Waals surface area contributed by atoms with Crippen LogP contribution in [0.1, 0.15) is 68.0 Å². The highest BCUT2D eigenvalue weighted by Crippen LogP contribution is 2.54. The van der Waals surface area contributed by atoms with Gasteiger partial charge in [0, 0.05) is 24.4 Å². The number of anilines is 2. The molecule has 1 aliphatic heterocycles. The molecule has 8 heteroatoms.